The molecule has 3 aliphatic heterocycles. The molecule has 1 fully saturated rings. The Morgan fingerprint density at radius 2 is 1.71 bits per heavy atom. The fraction of sp³-hybridized carbons (Fsp3) is 0.578. The van der Waals surface area contributed by atoms with E-state index in [1.165, 1.54) is 6.92 Å². The Labute approximate surface area is 341 Å². The van der Waals surface area contributed by atoms with Gasteiger partial charge < -0.3 is 45.6 Å². The zero-order valence-electron chi connectivity index (χ0n) is 35.2. The number of nitrogens with zero attached hydrogens (tertiary/aromatic N) is 1. The summed E-state index contributed by atoms with van der Waals surface area (Å²) in [4.78, 5) is 46.2. The smallest absolute Gasteiger partial charge is 0.302 e. The first kappa shape index (κ1) is 43.0. The SMILES string of the molecule is CC[C@H]1[C@@H](OC(C)=O)[C@H](C)[C@H](O)[C@H](C)[C@@H](O)[C@@H](C)/C=C/C=C(/C)C(=O)NC2=C3NC4(CCCCC4)N=C3c3c(c(O)c(C)c4c3C(=N)[C@@](C)(C/C=C/[C@@H]1OC)O4)C2=O. The molecule has 0 saturated heterocycles. The Hall–Kier alpha value is -4.59. The van der Waals surface area contributed by atoms with Gasteiger partial charge in [-0.15, -0.1) is 0 Å². The van der Waals surface area contributed by atoms with Gasteiger partial charge in [-0.05, 0) is 52.9 Å². The number of phenols is 1. The molecule has 5 aliphatic rings. The lowest BCUT2D eigenvalue weighted by molar-refractivity contribution is -0.161. The van der Waals surface area contributed by atoms with Crippen molar-refractivity contribution in [1.82, 2.24) is 10.6 Å². The Morgan fingerprint density at radius 1 is 1.02 bits per heavy atom. The van der Waals surface area contributed by atoms with Crippen LogP contribution in [0.2, 0.25) is 0 Å². The molecule has 2 aliphatic carbocycles. The number of allylic oxidation sites excluding steroid dienone is 4. The Morgan fingerprint density at radius 3 is 2.34 bits per heavy atom. The van der Waals surface area contributed by atoms with Crippen LogP contribution in [-0.4, -0.2) is 87.2 Å². The number of aliphatic hydroxyl groups is 2. The van der Waals surface area contributed by atoms with Crippen molar-refractivity contribution in [3.63, 3.8) is 0 Å². The van der Waals surface area contributed by atoms with Gasteiger partial charge >= 0.3 is 5.97 Å². The van der Waals surface area contributed by atoms with Crippen molar-refractivity contribution in [3.05, 3.63) is 69.6 Å². The molecule has 0 unspecified atom stereocenters. The predicted molar refractivity (Wildman–Crippen MR) is 220 cm³/mol. The molecular weight excluding hydrogens is 741 g/mol. The molecule has 13 nitrogen and oxygen atoms in total. The quantitative estimate of drug-likeness (QED) is 0.159. The third-order valence-electron chi connectivity index (χ3n) is 13.1. The van der Waals surface area contributed by atoms with Crippen LogP contribution in [0.25, 0.3) is 0 Å². The summed E-state index contributed by atoms with van der Waals surface area (Å²) in [6.07, 6.45) is 10.3. The summed E-state index contributed by atoms with van der Waals surface area (Å²) >= 11 is 0. The summed E-state index contributed by atoms with van der Waals surface area (Å²) in [5.41, 5.74) is 0.108. The van der Waals surface area contributed by atoms with E-state index in [1.54, 1.807) is 60.0 Å². The molecule has 6 rings (SSSR count). The van der Waals surface area contributed by atoms with E-state index in [0.29, 0.717) is 47.4 Å². The van der Waals surface area contributed by atoms with Crippen LogP contribution in [0.1, 0.15) is 120 Å². The summed E-state index contributed by atoms with van der Waals surface area (Å²) in [6.45, 7) is 13.7. The number of phenolic OH excluding ortho intramolecular Hbond substituents is 1. The van der Waals surface area contributed by atoms with Crippen molar-refractivity contribution in [2.75, 3.05) is 7.11 Å². The first-order valence-electron chi connectivity index (χ1n) is 20.6. The minimum atomic E-state index is -1.23. The number of aromatic hydroxyl groups is 1. The third kappa shape index (κ3) is 7.57. The van der Waals surface area contributed by atoms with Gasteiger partial charge in [0.2, 0.25) is 5.78 Å². The van der Waals surface area contributed by atoms with Gasteiger partial charge in [0.05, 0.1) is 46.6 Å². The van der Waals surface area contributed by atoms with Crippen LogP contribution in [-0.2, 0) is 19.1 Å². The van der Waals surface area contributed by atoms with Crippen LogP contribution in [0.4, 0.5) is 0 Å². The number of ether oxygens (including phenoxy) is 3. The maximum Gasteiger partial charge on any atom is 0.302 e. The molecule has 13 heteroatoms. The zero-order chi connectivity index (χ0) is 42.4. The standard InChI is InChI=1S/C45H60N4O9/c1-10-28-29(56-9)18-15-19-44(8)42(46)32-30-31(38(53)26(6)41(32)58-44)39(54)35(34-33(30)48-45(49-34)20-12-11-13-21-45)47-43(55)23(3)17-14-16-22(2)36(51)24(4)37(52)25(5)40(28)57-27(7)50/h14-18,22,24-25,28-29,36-37,40,46,49,51-53H,10-13,19-21H2,1-9H3,(H,47,55)/b16-14+,18-15+,23-17-,46-42?/t22-,24+,25+,28+,29-,36-,37+,40-,44+/m0/s1. The van der Waals surface area contributed by atoms with Gasteiger partial charge in [-0.3, -0.25) is 19.4 Å². The van der Waals surface area contributed by atoms with E-state index in [2.05, 4.69) is 10.6 Å². The molecule has 6 N–H and O–H groups in total. The fourth-order valence-corrected chi connectivity index (χ4v) is 9.41. The Kier molecular flexibility index (Phi) is 12.3. The Bertz CT molecular complexity index is 2020. The fourth-order valence-electron chi connectivity index (χ4n) is 9.41. The van der Waals surface area contributed by atoms with Crippen molar-refractivity contribution in [2.45, 2.75) is 136 Å². The van der Waals surface area contributed by atoms with Gasteiger partial charge in [0.15, 0.2) is 5.60 Å². The van der Waals surface area contributed by atoms with E-state index >= 15 is 0 Å². The molecule has 314 valence electrons. The zero-order valence-corrected chi connectivity index (χ0v) is 35.2. The summed E-state index contributed by atoms with van der Waals surface area (Å²) in [5, 5.41) is 50.9. The highest BCUT2D eigenvalue weighted by atomic mass is 16.5. The molecule has 1 aromatic carbocycles. The second kappa shape index (κ2) is 16.6. The van der Waals surface area contributed by atoms with Gasteiger partial charge in [-0.1, -0.05) is 64.5 Å². The number of ketones is 1. The highest BCUT2D eigenvalue weighted by Gasteiger charge is 2.51. The minimum absolute atomic E-state index is 0.0282. The molecule has 58 heavy (non-hydrogen) atoms. The molecule has 1 saturated carbocycles. The van der Waals surface area contributed by atoms with E-state index < -0.39 is 77.0 Å². The first-order valence-corrected chi connectivity index (χ1v) is 20.6. The maximum absolute atomic E-state index is 14.6. The summed E-state index contributed by atoms with van der Waals surface area (Å²) in [7, 11) is 1.56. The number of carbonyl (C=O) groups is 3. The molecular formula is C45H60N4O9. The van der Waals surface area contributed by atoms with Crippen LogP contribution >= 0.6 is 0 Å². The molecule has 0 aromatic heterocycles. The van der Waals surface area contributed by atoms with Gasteiger partial charge in [-0.2, -0.15) is 0 Å². The van der Waals surface area contributed by atoms with Gasteiger partial charge in [0, 0.05) is 60.8 Å². The number of esters is 1. The topological polar surface area (TPSA) is 200 Å². The third-order valence-corrected chi connectivity index (χ3v) is 13.1. The number of hydrogen-bond donors (Lipinski definition) is 6. The number of fused-ring (bicyclic) bond motifs is 1. The average Bonchev–Trinajstić information content (AvgIpc) is 3.68. The lowest BCUT2D eigenvalue weighted by Crippen LogP contribution is -2.47. The van der Waals surface area contributed by atoms with Crippen molar-refractivity contribution in [3.8, 4) is 11.5 Å². The second-order valence-electron chi connectivity index (χ2n) is 17.1. The number of hydrogen-bond acceptors (Lipinski definition) is 12. The molecule has 0 radical (unpaired) electrons. The molecule has 1 spiro atoms. The van der Waals surface area contributed by atoms with E-state index in [-0.39, 0.29) is 40.5 Å². The number of nitrogens with one attached hydrogen (secondary N) is 3. The summed E-state index contributed by atoms with van der Waals surface area (Å²) in [6, 6.07) is 0. The maximum atomic E-state index is 14.6. The predicted octanol–water partition coefficient (Wildman–Crippen LogP) is 5.86. The van der Waals surface area contributed by atoms with E-state index in [1.807, 2.05) is 26.0 Å². The number of carbonyl (C=O) groups excluding carboxylic acids is 3. The van der Waals surface area contributed by atoms with Crippen molar-refractivity contribution in [2.24, 2.45) is 28.7 Å². The Balaban J connectivity index is 1.51. The lowest BCUT2D eigenvalue weighted by Gasteiger charge is -2.39. The number of benzene rings is 1. The highest BCUT2D eigenvalue weighted by molar-refractivity contribution is 6.34. The van der Waals surface area contributed by atoms with Crippen LogP contribution in [0, 0.1) is 36.0 Å². The number of aliphatic hydroxyl groups excluding tert-OH is 2. The minimum Gasteiger partial charge on any atom is -0.507 e. The van der Waals surface area contributed by atoms with Crippen LogP contribution < -0.4 is 15.4 Å². The van der Waals surface area contributed by atoms with Gasteiger partial charge in [0.25, 0.3) is 5.91 Å². The molecule has 4 bridgehead atoms. The monoisotopic (exact) mass is 800 g/mol. The molecule has 1 aromatic rings. The summed E-state index contributed by atoms with van der Waals surface area (Å²) < 4.78 is 18.5. The van der Waals surface area contributed by atoms with Gasteiger partial charge in [-0.25, -0.2) is 0 Å². The number of amides is 1. The van der Waals surface area contributed by atoms with E-state index in [4.69, 9.17) is 19.2 Å². The number of Topliss-reactive ketones (excluding diaryl/α,β-unsaturated/α-hetero) is 1. The number of rotatable bonds is 3. The largest absolute Gasteiger partial charge is 0.507 e. The van der Waals surface area contributed by atoms with Crippen LogP contribution in [0.5, 0.6) is 11.5 Å². The molecule has 3 heterocycles. The van der Waals surface area contributed by atoms with Gasteiger partial charge in [0.1, 0.15) is 29.0 Å². The van der Waals surface area contributed by atoms with E-state index in [0.717, 1.165) is 19.3 Å². The number of methoxy groups -OCH3 is 1. The van der Waals surface area contributed by atoms with Crippen molar-refractivity contribution < 1.29 is 43.9 Å². The normalized spacial score (nSPS) is 34.6. The molecule has 9 atom stereocenters. The first-order chi connectivity index (χ1) is 27.4. The van der Waals surface area contributed by atoms with Crippen molar-refractivity contribution >= 4 is 29.1 Å². The lowest BCUT2D eigenvalue weighted by atomic mass is 9.77. The highest BCUT2D eigenvalue weighted by Crippen LogP contribution is 2.51. The molecule has 1 amide bonds. The van der Waals surface area contributed by atoms with E-state index in [9.17, 15) is 35.1 Å². The van der Waals surface area contributed by atoms with Crippen LogP contribution in [0.15, 0.2) is 52.3 Å². The second-order valence-corrected chi connectivity index (χ2v) is 17.1. The van der Waals surface area contributed by atoms with Crippen LogP contribution in [0.3, 0.4) is 0 Å². The van der Waals surface area contributed by atoms with Crippen molar-refractivity contribution in [1.29, 1.82) is 5.41 Å². The summed E-state index contributed by atoms with van der Waals surface area (Å²) in [5.74, 6) is -3.73. The number of aliphatic imine (C=N–C) groups is 1. The average molecular weight is 801 g/mol.